The summed E-state index contributed by atoms with van der Waals surface area (Å²) in [4.78, 5) is 11.6. The van der Waals surface area contributed by atoms with Gasteiger partial charge in [0.2, 0.25) is 0 Å². The normalized spacial score (nSPS) is 20.6. The summed E-state index contributed by atoms with van der Waals surface area (Å²) in [7, 11) is -1.79. The molecule has 27 heavy (non-hydrogen) atoms. The van der Waals surface area contributed by atoms with Crippen molar-refractivity contribution >= 4 is 20.4 Å². The van der Waals surface area contributed by atoms with Crippen molar-refractivity contribution in [3.05, 3.63) is 41.0 Å². The van der Waals surface area contributed by atoms with E-state index in [4.69, 9.17) is 9.16 Å². The van der Waals surface area contributed by atoms with E-state index in [2.05, 4.69) is 59.0 Å². The summed E-state index contributed by atoms with van der Waals surface area (Å²) in [5.41, 5.74) is 3.85. The molecule has 0 amide bonds. The summed E-state index contributed by atoms with van der Waals surface area (Å²) in [6.07, 6.45) is 6.81. The number of carbonyl (C=O) groups is 1. The predicted molar refractivity (Wildman–Crippen MR) is 116 cm³/mol. The second kappa shape index (κ2) is 8.32. The highest BCUT2D eigenvalue weighted by molar-refractivity contribution is 6.74. The van der Waals surface area contributed by atoms with Crippen LogP contribution in [-0.2, 0) is 25.8 Å². The Hall–Kier alpha value is -1.39. The highest BCUT2D eigenvalue weighted by Gasteiger charge is 2.40. The second-order valence-corrected chi connectivity index (χ2v) is 14.3. The summed E-state index contributed by atoms with van der Waals surface area (Å²) < 4.78 is 11.6. The number of fused-ring (bicyclic) bond motifs is 1. The van der Waals surface area contributed by atoms with Gasteiger partial charge in [0.1, 0.15) is 0 Å². The van der Waals surface area contributed by atoms with Crippen molar-refractivity contribution in [2.24, 2.45) is 0 Å². The van der Waals surface area contributed by atoms with Crippen LogP contribution >= 0.6 is 0 Å². The van der Waals surface area contributed by atoms with Crippen LogP contribution in [0.15, 0.2) is 24.3 Å². The quantitative estimate of drug-likeness (QED) is 0.347. The lowest BCUT2D eigenvalue weighted by molar-refractivity contribution is -0.137. The van der Waals surface area contributed by atoms with Gasteiger partial charge in [-0.25, -0.2) is 4.79 Å². The maximum absolute atomic E-state index is 11.6. The SMILES string of the molecule is CCOC(=O)/C=C/c1ccc2c(c1)C(C)(CO[Si](C)(C)C(C)(C)C)CCC2. The Morgan fingerprint density at radius 3 is 2.63 bits per heavy atom. The lowest BCUT2D eigenvalue weighted by Crippen LogP contribution is -2.45. The van der Waals surface area contributed by atoms with E-state index in [1.807, 2.05) is 13.0 Å². The number of hydrogen-bond donors (Lipinski definition) is 0. The molecule has 0 N–H and O–H groups in total. The van der Waals surface area contributed by atoms with E-state index in [1.54, 1.807) is 0 Å². The number of esters is 1. The van der Waals surface area contributed by atoms with E-state index in [0.29, 0.717) is 6.61 Å². The van der Waals surface area contributed by atoms with Crippen LogP contribution in [0.5, 0.6) is 0 Å². The van der Waals surface area contributed by atoms with Gasteiger partial charge < -0.3 is 9.16 Å². The van der Waals surface area contributed by atoms with Crippen LogP contribution in [0.2, 0.25) is 18.1 Å². The van der Waals surface area contributed by atoms with Gasteiger partial charge in [-0.3, -0.25) is 0 Å². The summed E-state index contributed by atoms with van der Waals surface area (Å²) in [6, 6.07) is 6.54. The Morgan fingerprint density at radius 1 is 1.30 bits per heavy atom. The van der Waals surface area contributed by atoms with Crippen molar-refractivity contribution in [3.8, 4) is 0 Å². The Bertz CT molecular complexity index is 700. The van der Waals surface area contributed by atoms with Crippen molar-refractivity contribution in [1.82, 2.24) is 0 Å². The van der Waals surface area contributed by atoms with Crippen molar-refractivity contribution < 1.29 is 14.0 Å². The lowest BCUT2D eigenvalue weighted by atomic mass is 9.71. The Morgan fingerprint density at radius 2 is 2.00 bits per heavy atom. The van der Waals surface area contributed by atoms with Gasteiger partial charge in [0.15, 0.2) is 8.32 Å². The molecule has 1 atom stereocenters. The summed E-state index contributed by atoms with van der Waals surface area (Å²) in [5, 5.41) is 0.213. The van der Waals surface area contributed by atoms with Gasteiger partial charge >= 0.3 is 5.97 Å². The first-order valence-electron chi connectivity index (χ1n) is 10.1. The van der Waals surface area contributed by atoms with E-state index in [9.17, 15) is 4.79 Å². The van der Waals surface area contributed by atoms with E-state index >= 15 is 0 Å². The van der Waals surface area contributed by atoms with Crippen molar-refractivity contribution in [2.45, 2.75) is 77.4 Å². The zero-order valence-corrected chi connectivity index (χ0v) is 19.1. The number of rotatable bonds is 6. The molecule has 0 radical (unpaired) electrons. The van der Waals surface area contributed by atoms with Crippen LogP contribution in [0.3, 0.4) is 0 Å². The summed E-state index contributed by atoms with van der Waals surface area (Å²) in [5.74, 6) is -0.292. The van der Waals surface area contributed by atoms with Gasteiger partial charge in [0, 0.05) is 18.1 Å². The number of ether oxygens (including phenoxy) is 1. The summed E-state index contributed by atoms with van der Waals surface area (Å²) in [6.45, 7) is 16.8. The standard InChI is InChI=1S/C23H36O3Si/c1-8-25-21(24)14-12-18-11-13-19-10-9-15-23(5,20(19)16-18)17-26-27(6,7)22(2,3)4/h11-14,16H,8-10,15,17H2,1-7H3/b14-12+. The van der Waals surface area contributed by atoms with E-state index in [-0.39, 0.29) is 16.4 Å². The van der Waals surface area contributed by atoms with Gasteiger partial charge in [0.25, 0.3) is 0 Å². The van der Waals surface area contributed by atoms with Gasteiger partial charge in [-0.15, -0.1) is 0 Å². The first kappa shape index (κ1) is 21.9. The highest BCUT2D eigenvalue weighted by atomic mass is 28.4. The molecule has 0 aromatic heterocycles. The molecule has 0 saturated heterocycles. The topological polar surface area (TPSA) is 35.5 Å². The average Bonchev–Trinajstić information content (AvgIpc) is 2.58. The van der Waals surface area contributed by atoms with E-state index < -0.39 is 8.32 Å². The molecule has 2 rings (SSSR count). The van der Waals surface area contributed by atoms with Crippen LogP contribution in [-0.4, -0.2) is 27.5 Å². The van der Waals surface area contributed by atoms with E-state index in [1.165, 1.54) is 23.6 Å². The third-order valence-electron chi connectivity index (χ3n) is 6.22. The first-order chi connectivity index (χ1) is 12.5. The minimum absolute atomic E-state index is 0.0247. The molecule has 0 bridgehead atoms. The zero-order chi connectivity index (χ0) is 20.3. The fourth-order valence-corrected chi connectivity index (χ4v) is 4.45. The fourth-order valence-electron chi connectivity index (χ4n) is 3.34. The predicted octanol–water partition coefficient (Wildman–Crippen LogP) is 5.88. The molecule has 1 aliphatic rings. The van der Waals surface area contributed by atoms with Gasteiger partial charge in [0.05, 0.1) is 6.61 Å². The maximum atomic E-state index is 11.6. The fraction of sp³-hybridized carbons (Fsp3) is 0.609. The number of aryl methyl sites for hydroxylation is 1. The molecule has 1 unspecified atom stereocenters. The number of carbonyl (C=O) groups excluding carboxylic acids is 1. The Balaban J connectivity index is 2.24. The van der Waals surface area contributed by atoms with Crippen molar-refractivity contribution in [3.63, 3.8) is 0 Å². The lowest BCUT2D eigenvalue weighted by Gasteiger charge is -2.42. The number of hydrogen-bond acceptors (Lipinski definition) is 3. The average molecular weight is 389 g/mol. The monoisotopic (exact) mass is 388 g/mol. The molecule has 3 nitrogen and oxygen atoms in total. The molecule has 4 heteroatoms. The summed E-state index contributed by atoms with van der Waals surface area (Å²) >= 11 is 0. The molecule has 1 aliphatic carbocycles. The third kappa shape index (κ3) is 5.32. The van der Waals surface area contributed by atoms with Crippen LogP contribution in [0.1, 0.15) is 64.2 Å². The molecule has 1 aromatic rings. The molecule has 1 aromatic carbocycles. The molecular formula is C23H36O3Si. The Kier molecular flexibility index (Phi) is 6.75. The van der Waals surface area contributed by atoms with Crippen LogP contribution in [0, 0.1) is 0 Å². The van der Waals surface area contributed by atoms with E-state index in [0.717, 1.165) is 25.0 Å². The molecule has 0 fully saturated rings. The molecule has 0 saturated carbocycles. The minimum atomic E-state index is -1.79. The number of benzene rings is 1. The molecular weight excluding hydrogens is 352 g/mol. The first-order valence-corrected chi connectivity index (χ1v) is 13.0. The minimum Gasteiger partial charge on any atom is -0.463 e. The smallest absolute Gasteiger partial charge is 0.330 e. The van der Waals surface area contributed by atoms with Crippen LogP contribution < -0.4 is 0 Å². The van der Waals surface area contributed by atoms with Crippen molar-refractivity contribution in [2.75, 3.05) is 13.2 Å². The highest BCUT2D eigenvalue weighted by Crippen LogP contribution is 2.42. The van der Waals surface area contributed by atoms with Gasteiger partial charge in [-0.2, -0.15) is 0 Å². The molecule has 150 valence electrons. The largest absolute Gasteiger partial charge is 0.463 e. The zero-order valence-electron chi connectivity index (χ0n) is 18.1. The van der Waals surface area contributed by atoms with Gasteiger partial charge in [-0.05, 0) is 67.1 Å². The molecule has 0 aliphatic heterocycles. The van der Waals surface area contributed by atoms with Gasteiger partial charge in [-0.1, -0.05) is 45.9 Å². The van der Waals surface area contributed by atoms with Crippen LogP contribution in [0.25, 0.3) is 6.08 Å². The van der Waals surface area contributed by atoms with Crippen LogP contribution in [0.4, 0.5) is 0 Å². The second-order valence-electron chi connectivity index (χ2n) is 9.47. The molecule has 0 heterocycles. The Labute approximate surface area is 166 Å². The third-order valence-corrected chi connectivity index (χ3v) is 10.7. The molecule has 0 spiro atoms. The maximum Gasteiger partial charge on any atom is 0.330 e. The van der Waals surface area contributed by atoms with Crippen molar-refractivity contribution in [1.29, 1.82) is 0 Å².